The van der Waals surface area contributed by atoms with Gasteiger partial charge in [-0.1, -0.05) is 18.6 Å². The number of nitrogens with one attached hydrogen (secondary N) is 1. The molecule has 0 spiro atoms. The summed E-state index contributed by atoms with van der Waals surface area (Å²) in [7, 11) is 0. The van der Waals surface area contributed by atoms with Crippen molar-refractivity contribution in [3.05, 3.63) is 29.8 Å². The quantitative estimate of drug-likeness (QED) is 0.872. The van der Waals surface area contributed by atoms with E-state index in [1.807, 2.05) is 36.0 Å². The summed E-state index contributed by atoms with van der Waals surface area (Å²) in [6.45, 7) is 0.977. The van der Waals surface area contributed by atoms with Gasteiger partial charge in [-0.05, 0) is 43.2 Å². The van der Waals surface area contributed by atoms with Crippen molar-refractivity contribution in [3.63, 3.8) is 0 Å². The Morgan fingerprint density at radius 3 is 3.15 bits per heavy atom. The molecular formula is C16H22N2OS. The van der Waals surface area contributed by atoms with Crippen molar-refractivity contribution in [1.29, 1.82) is 5.26 Å². The van der Waals surface area contributed by atoms with Crippen LogP contribution in [0.4, 0.5) is 0 Å². The Morgan fingerprint density at radius 2 is 2.35 bits per heavy atom. The lowest BCUT2D eigenvalue weighted by Gasteiger charge is -2.28. The molecule has 1 saturated carbocycles. The predicted octanol–water partition coefficient (Wildman–Crippen LogP) is 3.35. The molecule has 0 heterocycles. The highest BCUT2D eigenvalue weighted by Gasteiger charge is 2.20. The number of hydrogen-bond donors (Lipinski definition) is 1. The van der Waals surface area contributed by atoms with Gasteiger partial charge >= 0.3 is 0 Å². The van der Waals surface area contributed by atoms with Gasteiger partial charge in [-0.2, -0.15) is 17.0 Å². The predicted molar refractivity (Wildman–Crippen MR) is 83.9 cm³/mol. The van der Waals surface area contributed by atoms with Crippen LogP contribution in [0, 0.1) is 11.3 Å². The molecule has 0 aliphatic heterocycles. The second-order valence-corrected chi connectivity index (χ2v) is 6.33. The van der Waals surface area contributed by atoms with Crippen LogP contribution in [0.5, 0.6) is 5.75 Å². The van der Waals surface area contributed by atoms with Crippen molar-refractivity contribution >= 4 is 11.8 Å². The van der Waals surface area contributed by atoms with Gasteiger partial charge in [0.1, 0.15) is 11.8 Å². The monoisotopic (exact) mass is 290 g/mol. The van der Waals surface area contributed by atoms with E-state index >= 15 is 0 Å². The molecule has 0 aromatic heterocycles. The van der Waals surface area contributed by atoms with E-state index in [1.54, 1.807) is 0 Å². The first-order valence-corrected chi connectivity index (χ1v) is 8.45. The Balaban J connectivity index is 1.82. The fraction of sp³-hybridized carbons (Fsp3) is 0.562. The molecule has 1 N–H and O–H groups in total. The maximum atomic E-state index is 8.53. The second-order valence-electron chi connectivity index (χ2n) is 5.20. The van der Waals surface area contributed by atoms with E-state index in [0.29, 0.717) is 6.04 Å². The molecule has 1 fully saturated rings. The summed E-state index contributed by atoms with van der Waals surface area (Å²) in [4.78, 5) is 0. The van der Waals surface area contributed by atoms with Crippen LogP contribution in [0.15, 0.2) is 24.3 Å². The Morgan fingerprint density at radius 1 is 1.45 bits per heavy atom. The minimum absolute atomic E-state index is 0.106. The number of hydrogen-bond acceptors (Lipinski definition) is 4. The summed E-state index contributed by atoms with van der Waals surface area (Å²) in [5.41, 5.74) is 1.21. The molecule has 1 aromatic rings. The average molecular weight is 290 g/mol. The minimum Gasteiger partial charge on any atom is -0.479 e. The summed E-state index contributed by atoms with van der Waals surface area (Å²) in [5.74, 6) is 0.775. The molecule has 0 amide bonds. The van der Waals surface area contributed by atoms with E-state index in [0.717, 1.165) is 17.5 Å². The van der Waals surface area contributed by atoms with Gasteiger partial charge in [0.05, 0.1) is 0 Å². The Kier molecular flexibility index (Phi) is 6.23. The van der Waals surface area contributed by atoms with Crippen LogP contribution in [0.2, 0.25) is 0 Å². The van der Waals surface area contributed by atoms with Gasteiger partial charge < -0.3 is 10.1 Å². The highest BCUT2D eigenvalue weighted by molar-refractivity contribution is 7.99. The first-order valence-electron chi connectivity index (χ1n) is 7.16. The zero-order valence-electron chi connectivity index (χ0n) is 12.0. The smallest absolute Gasteiger partial charge is 0.174 e. The van der Waals surface area contributed by atoms with Gasteiger partial charge in [0.2, 0.25) is 0 Å². The largest absolute Gasteiger partial charge is 0.479 e. The molecule has 0 bridgehead atoms. The van der Waals surface area contributed by atoms with Crippen molar-refractivity contribution in [3.8, 4) is 11.8 Å². The third-order valence-corrected chi connectivity index (χ3v) is 4.85. The Bertz CT molecular complexity index is 458. The zero-order chi connectivity index (χ0) is 14.2. The maximum absolute atomic E-state index is 8.53. The van der Waals surface area contributed by atoms with Gasteiger partial charge in [0, 0.05) is 17.8 Å². The lowest BCUT2D eigenvalue weighted by Crippen LogP contribution is -2.34. The number of rotatable bonds is 6. The number of nitriles is 1. The van der Waals surface area contributed by atoms with Crippen molar-refractivity contribution in [2.24, 2.45) is 0 Å². The molecule has 108 valence electrons. The number of benzene rings is 1. The van der Waals surface area contributed by atoms with Gasteiger partial charge in [0.15, 0.2) is 6.61 Å². The van der Waals surface area contributed by atoms with Crippen molar-refractivity contribution in [2.45, 2.75) is 43.5 Å². The van der Waals surface area contributed by atoms with Crippen LogP contribution in [0.25, 0.3) is 0 Å². The van der Waals surface area contributed by atoms with E-state index in [4.69, 9.17) is 10.00 Å². The summed E-state index contributed by atoms with van der Waals surface area (Å²) in [6, 6.07) is 10.6. The van der Waals surface area contributed by atoms with E-state index in [-0.39, 0.29) is 6.61 Å². The van der Waals surface area contributed by atoms with Crippen LogP contribution in [-0.4, -0.2) is 24.2 Å². The van der Waals surface area contributed by atoms with Crippen molar-refractivity contribution in [2.75, 3.05) is 12.9 Å². The molecule has 2 unspecified atom stereocenters. The van der Waals surface area contributed by atoms with E-state index < -0.39 is 0 Å². The number of nitrogens with zero attached hydrogens (tertiary/aromatic N) is 1. The third kappa shape index (κ3) is 4.73. The Labute approximate surface area is 125 Å². The lowest BCUT2D eigenvalue weighted by molar-refractivity contribution is 0.365. The highest BCUT2D eigenvalue weighted by Crippen LogP contribution is 2.27. The SMILES string of the molecule is CSC1CCCC(NCc2cccc(OCC#N)c2)C1. The molecule has 4 heteroatoms. The molecule has 1 aliphatic carbocycles. The number of thioether (sulfide) groups is 1. The first-order chi connectivity index (χ1) is 9.81. The van der Waals surface area contributed by atoms with Crippen LogP contribution < -0.4 is 10.1 Å². The van der Waals surface area contributed by atoms with Crippen molar-refractivity contribution in [1.82, 2.24) is 5.32 Å². The molecule has 3 nitrogen and oxygen atoms in total. The molecule has 2 atom stereocenters. The fourth-order valence-electron chi connectivity index (χ4n) is 2.67. The van der Waals surface area contributed by atoms with Crippen LogP contribution in [0.1, 0.15) is 31.2 Å². The average Bonchev–Trinajstić information content (AvgIpc) is 2.51. The summed E-state index contributed by atoms with van der Waals surface area (Å²) in [6.07, 6.45) is 7.45. The molecule has 1 aliphatic rings. The zero-order valence-corrected chi connectivity index (χ0v) is 12.8. The summed E-state index contributed by atoms with van der Waals surface area (Å²) in [5, 5.41) is 13.0. The van der Waals surface area contributed by atoms with Gasteiger partial charge in [-0.15, -0.1) is 0 Å². The fourth-order valence-corrected chi connectivity index (χ4v) is 3.49. The molecule has 0 radical (unpaired) electrons. The van der Waals surface area contributed by atoms with Crippen molar-refractivity contribution < 1.29 is 4.74 Å². The Hall–Kier alpha value is -1.18. The summed E-state index contributed by atoms with van der Waals surface area (Å²) < 4.78 is 5.33. The first kappa shape index (κ1) is 15.2. The number of ether oxygens (including phenoxy) is 1. The molecule has 20 heavy (non-hydrogen) atoms. The van der Waals surface area contributed by atoms with Crippen LogP contribution in [-0.2, 0) is 6.54 Å². The minimum atomic E-state index is 0.106. The highest BCUT2D eigenvalue weighted by atomic mass is 32.2. The molecule has 2 rings (SSSR count). The lowest BCUT2D eigenvalue weighted by atomic mass is 9.95. The van der Waals surface area contributed by atoms with E-state index in [2.05, 4.69) is 17.6 Å². The normalized spacial score (nSPS) is 22.2. The van der Waals surface area contributed by atoms with Gasteiger partial charge in [-0.3, -0.25) is 0 Å². The summed E-state index contributed by atoms with van der Waals surface area (Å²) >= 11 is 1.99. The second kappa shape index (κ2) is 8.18. The van der Waals surface area contributed by atoms with E-state index in [1.165, 1.54) is 31.2 Å². The molecule has 1 aromatic carbocycles. The molecular weight excluding hydrogens is 268 g/mol. The van der Waals surface area contributed by atoms with Gasteiger partial charge in [0.25, 0.3) is 0 Å². The molecule has 0 saturated heterocycles. The van der Waals surface area contributed by atoms with Crippen LogP contribution in [0.3, 0.4) is 0 Å². The third-order valence-electron chi connectivity index (χ3n) is 3.76. The van der Waals surface area contributed by atoms with Crippen LogP contribution >= 0.6 is 11.8 Å². The van der Waals surface area contributed by atoms with E-state index in [9.17, 15) is 0 Å². The maximum Gasteiger partial charge on any atom is 0.174 e. The topological polar surface area (TPSA) is 45.0 Å². The standard InChI is InChI=1S/C16H22N2OS/c1-20-16-7-3-5-14(11-16)18-12-13-4-2-6-15(10-13)19-9-8-17/h2,4,6,10,14,16,18H,3,5,7,9,11-12H2,1H3. The van der Waals surface area contributed by atoms with Gasteiger partial charge in [-0.25, -0.2) is 0 Å².